The summed E-state index contributed by atoms with van der Waals surface area (Å²) >= 11 is 0. The van der Waals surface area contributed by atoms with Crippen molar-refractivity contribution in [2.45, 2.75) is 31.7 Å². The summed E-state index contributed by atoms with van der Waals surface area (Å²) in [5.41, 5.74) is 6.77. The van der Waals surface area contributed by atoms with Crippen LogP contribution in [0.2, 0.25) is 0 Å². The minimum atomic E-state index is -0.795. The van der Waals surface area contributed by atoms with Gasteiger partial charge in [0, 0.05) is 6.04 Å². The molecule has 1 aliphatic carbocycles. The Balaban J connectivity index is 2.00. The van der Waals surface area contributed by atoms with Gasteiger partial charge in [0.05, 0.1) is 0 Å². The SMILES string of the molecule is NC(Cc1ccc(F)c(F)c1)C1CCC1. The molecule has 0 amide bonds. The Morgan fingerprint density at radius 2 is 2.00 bits per heavy atom. The van der Waals surface area contributed by atoms with Crippen LogP contribution in [0.5, 0.6) is 0 Å². The Hall–Kier alpha value is -0.960. The van der Waals surface area contributed by atoms with E-state index < -0.39 is 11.6 Å². The summed E-state index contributed by atoms with van der Waals surface area (Å²) in [6.45, 7) is 0. The Kier molecular flexibility index (Phi) is 3.00. The highest BCUT2D eigenvalue weighted by Gasteiger charge is 2.24. The van der Waals surface area contributed by atoms with Crippen molar-refractivity contribution < 1.29 is 8.78 Å². The summed E-state index contributed by atoms with van der Waals surface area (Å²) < 4.78 is 25.6. The van der Waals surface area contributed by atoms with Crippen molar-refractivity contribution in [3.8, 4) is 0 Å². The molecule has 0 radical (unpaired) electrons. The van der Waals surface area contributed by atoms with E-state index in [0.29, 0.717) is 12.3 Å². The molecule has 82 valence electrons. The fourth-order valence-electron chi connectivity index (χ4n) is 1.97. The topological polar surface area (TPSA) is 26.0 Å². The largest absolute Gasteiger partial charge is 0.327 e. The van der Waals surface area contributed by atoms with Crippen LogP contribution in [0.4, 0.5) is 8.78 Å². The van der Waals surface area contributed by atoms with Gasteiger partial charge in [-0.15, -0.1) is 0 Å². The van der Waals surface area contributed by atoms with Gasteiger partial charge in [0.1, 0.15) is 0 Å². The first-order valence-electron chi connectivity index (χ1n) is 5.36. The van der Waals surface area contributed by atoms with Gasteiger partial charge in [-0.2, -0.15) is 0 Å². The standard InChI is InChI=1S/C12H15F2N/c13-10-5-4-8(6-11(10)14)7-12(15)9-2-1-3-9/h4-6,9,12H,1-3,7,15H2. The molecule has 1 saturated carbocycles. The summed E-state index contributed by atoms with van der Waals surface area (Å²) in [7, 11) is 0. The highest BCUT2D eigenvalue weighted by Crippen LogP contribution is 2.30. The van der Waals surface area contributed by atoms with Crippen molar-refractivity contribution in [1.29, 1.82) is 0 Å². The van der Waals surface area contributed by atoms with E-state index in [1.807, 2.05) is 0 Å². The first-order chi connectivity index (χ1) is 7.16. The highest BCUT2D eigenvalue weighted by atomic mass is 19.2. The second kappa shape index (κ2) is 4.27. The molecule has 0 saturated heterocycles. The summed E-state index contributed by atoms with van der Waals surface area (Å²) in [4.78, 5) is 0. The highest BCUT2D eigenvalue weighted by molar-refractivity contribution is 5.19. The molecule has 0 aliphatic heterocycles. The molecule has 1 aromatic rings. The molecule has 2 N–H and O–H groups in total. The lowest BCUT2D eigenvalue weighted by Crippen LogP contribution is -2.36. The third-order valence-corrected chi connectivity index (χ3v) is 3.21. The Morgan fingerprint density at radius 3 is 2.53 bits per heavy atom. The van der Waals surface area contributed by atoms with Crippen molar-refractivity contribution >= 4 is 0 Å². The maximum Gasteiger partial charge on any atom is 0.159 e. The van der Waals surface area contributed by atoms with Crippen LogP contribution >= 0.6 is 0 Å². The van der Waals surface area contributed by atoms with E-state index in [1.54, 1.807) is 6.07 Å². The van der Waals surface area contributed by atoms with Crippen molar-refractivity contribution in [3.05, 3.63) is 35.4 Å². The molecule has 1 nitrogen and oxygen atoms in total. The second-order valence-corrected chi connectivity index (χ2v) is 4.31. The number of rotatable bonds is 3. The van der Waals surface area contributed by atoms with Crippen molar-refractivity contribution in [2.75, 3.05) is 0 Å². The van der Waals surface area contributed by atoms with Crippen LogP contribution in [0.1, 0.15) is 24.8 Å². The van der Waals surface area contributed by atoms with E-state index in [9.17, 15) is 8.78 Å². The molecular formula is C12H15F2N. The number of nitrogens with two attached hydrogens (primary N) is 1. The first-order valence-corrected chi connectivity index (χ1v) is 5.36. The molecule has 2 rings (SSSR count). The quantitative estimate of drug-likeness (QED) is 0.817. The Labute approximate surface area is 88.3 Å². The first kappa shape index (κ1) is 10.6. The maximum absolute atomic E-state index is 12.9. The van der Waals surface area contributed by atoms with Gasteiger partial charge in [0.2, 0.25) is 0 Å². The molecule has 1 unspecified atom stereocenters. The minimum absolute atomic E-state index is 0.0867. The smallest absolute Gasteiger partial charge is 0.159 e. The van der Waals surface area contributed by atoms with Crippen molar-refractivity contribution in [2.24, 2.45) is 11.7 Å². The molecule has 1 atom stereocenters. The number of halogens is 2. The molecule has 3 heteroatoms. The summed E-state index contributed by atoms with van der Waals surface area (Å²) in [5, 5.41) is 0. The molecule has 0 heterocycles. The lowest BCUT2D eigenvalue weighted by Gasteiger charge is -2.31. The van der Waals surface area contributed by atoms with Crippen LogP contribution in [0.25, 0.3) is 0 Å². The molecule has 1 aliphatic rings. The van der Waals surface area contributed by atoms with Crippen molar-refractivity contribution in [1.82, 2.24) is 0 Å². The normalized spacial score (nSPS) is 18.6. The zero-order valence-corrected chi connectivity index (χ0v) is 8.55. The lowest BCUT2D eigenvalue weighted by atomic mass is 9.78. The summed E-state index contributed by atoms with van der Waals surface area (Å²) in [6, 6.07) is 4.10. The summed E-state index contributed by atoms with van der Waals surface area (Å²) in [5.74, 6) is -1.01. The third-order valence-electron chi connectivity index (χ3n) is 3.21. The van der Waals surface area contributed by atoms with Gasteiger partial charge in [-0.05, 0) is 42.9 Å². The number of hydrogen-bond acceptors (Lipinski definition) is 1. The van der Waals surface area contributed by atoms with Crippen molar-refractivity contribution in [3.63, 3.8) is 0 Å². The van der Waals surface area contributed by atoms with E-state index >= 15 is 0 Å². The molecule has 0 aromatic heterocycles. The molecule has 0 spiro atoms. The second-order valence-electron chi connectivity index (χ2n) is 4.31. The predicted octanol–water partition coefficient (Wildman–Crippen LogP) is 2.63. The predicted molar refractivity (Wildman–Crippen MR) is 55.4 cm³/mol. The van der Waals surface area contributed by atoms with E-state index in [-0.39, 0.29) is 6.04 Å². The summed E-state index contributed by atoms with van der Waals surface area (Å²) in [6.07, 6.45) is 4.23. The maximum atomic E-state index is 12.9. The lowest BCUT2D eigenvalue weighted by molar-refractivity contribution is 0.260. The van der Waals surface area contributed by atoms with E-state index in [4.69, 9.17) is 5.73 Å². The average Bonchev–Trinajstić information content (AvgIpc) is 2.08. The van der Waals surface area contributed by atoms with Gasteiger partial charge < -0.3 is 5.73 Å². The average molecular weight is 211 g/mol. The zero-order valence-electron chi connectivity index (χ0n) is 8.55. The fourth-order valence-corrected chi connectivity index (χ4v) is 1.97. The molecule has 1 aromatic carbocycles. The Morgan fingerprint density at radius 1 is 1.27 bits per heavy atom. The fraction of sp³-hybridized carbons (Fsp3) is 0.500. The van der Waals surface area contributed by atoms with E-state index in [1.165, 1.54) is 25.3 Å². The molecular weight excluding hydrogens is 196 g/mol. The van der Waals surface area contributed by atoms with Gasteiger partial charge >= 0.3 is 0 Å². The molecule has 0 bridgehead atoms. The number of benzene rings is 1. The molecule has 15 heavy (non-hydrogen) atoms. The van der Waals surface area contributed by atoms with E-state index in [2.05, 4.69) is 0 Å². The minimum Gasteiger partial charge on any atom is -0.327 e. The van der Waals surface area contributed by atoms with Crippen LogP contribution in [-0.4, -0.2) is 6.04 Å². The van der Waals surface area contributed by atoms with E-state index in [0.717, 1.165) is 11.6 Å². The van der Waals surface area contributed by atoms with Gasteiger partial charge in [0.25, 0.3) is 0 Å². The van der Waals surface area contributed by atoms with Crippen LogP contribution in [0, 0.1) is 17.6 Å². The Bertz CT molecular complexity index is 347. The van der Waals surface area contributed by atoms with Gasteiger partial charge in [-0.3, -0.25) is 0 Å². The third kappa shape index (κ3) is 2.34. The van der Waals surface area contributed by atoms with Gasteiger partial charge in [-0.1, -0.05) is 12.5 Å². The van der Waals surface area contributed by atoms with Crippen LogP contribution in [0.3, 0.4) is 0 Å². The van der Waals surface area contributed by atoms with Gasteiger partial charge in [0.15, 0.2) is 11.6 Å². The van der Waals surface area contributed by atoms with Crippen LogP contribution in [0.15, 0.2) is 18.2 Å². The zero-order chi connectivity index (χ0) is 10.8. The van der Waals surface area contributed by atoms with Crippen LogP contribution in [-0.2, 0) is 6.42 Å². The monoisotopic (exact) mass is 211 g/mol. The molecule has 1 fully saturated rings. The number of hydrogen-bond donors (Lipinski definition) is 1. The van der Waals surface area contributed by atoms with Gasteiger partial charge in [-0.25, -0.2) is 8.78 Å². The van der Waals surface area contributed by atoms with Crippen LogP contribution < -0.4 is 5.73 Å².